The fourth-order valence-corrected chi connectivity index (χ4v) is 2.52. The molecule has 1 fully saturated rings. The van der Waals surface area contributed by atoms with Gasteiger partial charge in [-0.25, -0.2) is 4.79 Å². The van der Waals surface area contributed by atoms with Crippen molar-refractivity contribution in [2.45, 2.75) is 30.9 Å². The Balaban J connectivity index is 2.36. The van der Waals surface area contributed by atoms with Crippen LogP contribution in [0, 0.1) is 0 Å². The molecule has 1 aromatic rings. The average Bonchev–Trinajstić information content (AvgIpc) is 2.47. The van der Waals surface area contributed by atoms with Gasteiger partial charge < -0.3 is 15.2 Å². The van der Waals surface area contributed by atoms with Crippen molar-refractivity contribution >= 4 is 5.97 Å². The quantitative estimate of drug-likeness (QED) is 0.790. The van der Waals surface area contributed by atoms with Gasteiger partial charge >= 0.3 is 5.97 Å². The van der Waals surface area contributed by atoms with Gasteiger partial charge in [-0.05, 0) is 24.9 Å². The second-order valence-corrected chi connectivity index (χ2v) is 4.63. The van der Waals surface area contributed by atoms with Crippen LogP contribution in [0.4, 0.5) is 0 Å². The van der Waals surface area contributed by atoms with Gasteiger partial charge in [-0.2, -0.15) is 0 Å². The second-order valence-electron chi connectivity index (χ2n) is 4.63. The van der Waals surface area contributed by atoms with E-state index in [0.29, 0.717) is 5.56 Å². The van der Waals surface area contributed by atoms with Crippen LogP contribution >= 0.6 is 0 Å². The highest BCUT2D eigenvalue weighted by Gasteiger charge is 2.46. The zero-order chi connectivity index (χ0) is 13.0. The van der Waals surface area contributed by atoms with Crippen LogP contribution in [0.1, 0.15) is 24.8 Å². The minimum Gasteiger partial charge on any atom is -0.467 e. The Labute approximate surface area is 107 Å². The van der Waals surface area contributed by atoms with Crippen molar-refractivity contribution in [2.75, 3.05) is 13.7 Å². The molecule has 4 heteroatoms. The molecule has 2 atom stereocenters. The first-order chi connectivity index (χ1) is 8.69. The van der Waals surface area contributed by atoms with E-state index < -0.39 is 11.6 Å². The maximum absolute atomic E-state index is 12.0. The fourth-order valence-electron chi connectivity index (χ4n) is 2.52. The Morgan fingerprint density at radius 1 is 1.39 bits per heavy atom. The summed E-state index contributed by atoms with van der Waals surface area (Å²) in [6.07, 6.45) is 2.84. The van der Waals surface area contributed by atoms with E-state index in [1.807, 2.05) is 18.2 Å². The summed E-state index contributed by atoms with van der Waals surface area (Å²) in [5.41, 5.74) is -1.02. The molecule has 4 nitrogen and oxygen atoms in total. The smallest absolute Gasteiger partial charge is 0.344 e. The molecule has 0 spiro atoms. The summed E-state index contributed by atoms with van der Waals surface area (Å²) in [5, 5.41) is 14.1. The number of carbonyl (C=O) groups is 1. The van der Waals surface area contributed by atoms with Crippen molar-refractivity contribution < 1.29 is 14.6 Å². The highest BCUT2D eigenvalue weighted by atomic mass is 16.5. The molecule has 0 amide bonds. The number of methoxy groups -OCH3 is 1. The normalized spacial score (nSPS) is 23.1. The molecule has 2 rings (SSSR count). The van der Waals surface area contributed by atoms with Crippen LogP contribution < -0.4 is 5.32 Å². The Bertz CT molecular complexity index is 401. The first kappa shape index (κ1) is 13.1. The Morgan fingerprint density at radius 2 is 2.11 bits per heavy atom. The molecule has 2 N–H and O–H groups in total. The molecular formula is C14H19NO3. The molecule has 1 aliphatic heterocycles. The van der Waals surface area contributed by atoms with Crippen LogP contribution in [0.3, 0.4) is 0 Å². The summed E-state index contributed by atoms with van der Waals surface area (Å²) in [6, 6.07) is 8.70. The third-order valence-corrected chi connectivity index (χ3v) is 3.53. The summed E-state index contributed by atoms with van der Waals surface area (Å²) >= 11 is 0. The number of hydrogen-bond acceptors (Lipinski definition) is 4. The van der Waals surface area contributed by atoms with Gasteiger partial charge in [-0.1, -0.05) is 36.8 Å². The number of hydrogen-bond donors (Lipinski definition) is 2. The summed E-state index contributed by atoms with van der Waals surface area (Å²) in [6.45, 7) is 0.816. The van der Waals surface area contributed by atoms with E-state index in [-0.39, 0.29) is 6.04 Å². The average molecular weight is 249 g/mol. The number of benzene rings is 1. The van der Waals surface area contributed by atoms with E-state index in [1.165, 1.54) is 7.11 Å². The SMILES string of the molecule is COC(=O)[C@@](O)(c1ccccc1)[C@@H]1CCCCN1. The molecule has 1 aliphatic rings. The summed E-state index contributed by atoms with van der Waals surface area (Å²) in [4.78, 5) is 12.0. The largest absolute Gasteiger partial charge is 0.467 e. The van der Waals surface area contributed by atoms with E-state index in [4.69, 9.17) is 4.74 Å². The molecule has 1 aromatic carbocycles. The zero-order valence-corrected chi connectivity index (χ0v) is 10.6. The van der Waals surface area contributed by atoms with E-state index in [9.17, 15) is 9.90 Å². The van der Waals surface area contributed by atoms with Gasteiger partial charge in [-0.15, -0.1) is 0 Å². The molecule has 18 heavy (non-hydrogen) atoms. The van der Waals surface area contributed by atoms with Crippen LogP contribution in [-0.2, 0) is 15.1 Å². The number of carbonyl (C=O) groups excluding carboxylic acids is 1. The van der Waals surface area contributed by atoms with Gasteiger partial charge in [0.05, 0.1) is 13.2 Å². The van der Waals surface area contributed by atoms with Crippen LogP contribution in [0.5, 0.6) is 0 Å². The number of aliphatic hydroxyl groups is 1. The van der Waals surface area contributed by atoms with Gasteiger partial charge in [0, 0.05) is 0 Å². The lowest BCUT2D eigenvalue weighted by Gasteiger charge is -2.37. The molecule has 0 aromatic heterocycles. The molecule has 1 heterocycles. The van der Waals surface area contributed by atoms with Crippen LogP contribution in [-0.4, -0.2) is 30.8 Å². The predicted molar refractivity (Wildman–Crippen MR) is 68.0 cm³/mol. The molecule has 0 aliphatic carbocycles. The molecule has 0 radical (unpaired) electrons. The lowest BCUT2D eigenvalue weighted by Crippen LogP contribution is -2.55. The van der Waals surface area contributed by atoms with Gasteiger partial charge in [0.1, 0.15) is 0 Å². The lowest BCUT2D eigenvalue weighted by molar-refractivity contribution is -0.168. The van der Waals surface area contributed by atoms with E-state index in [1.54, 1.807) is 12.1 Å². The molecule has 0 bridgehead atoms. The van der Waals surface area contributed by atoms with Crippen molar-refractivity contribution in [3.05, 3.63) is 35.9 Å². The number of nitrogens with one attached hydrogen (secondary N) is 1. The summed E-state index contributed by atoms with van der Waals surface area (Å²) in [7, 11) is 1.30. The monoisotopic (exact) mass is 249 g/mol. The van der Waals surface area contributed by atoms with E-state index in [0.717, 1.165) is 25.8 Å². The van der Waals surface area contributed by atoms with Crippen molar-refractivity contribution in [3.8, 4) is 0 Å². The molecular weight excluding hydrogens is 230 g/mol. The lowest BCUT2D eigenvalue weighted by atomic mass is 9.82. The van der Waals surface area contributed by atoms with E-state index >= 15 is 0 Å². The molecule has 0 saturated carbocycles. The Kier molecular flexibility index (Phi) is 3.99. The first-order valence-electron chi connectivity index (χ1n) is 6.29. The zero-order valence-electron chi connectivity index (χ0n) is 10.6. The molecule has 1 saturated heterocycles. The maximum atomic E-state index is 12.0. The molecule has 0 unspecified atom stereocenters. The van der Waals surface area contributed by atoms with Gasteiger partial charge in [0.15, 0.2) is 0 Å². The number of ether oxygens (including phenoxy) is 1. The summed E-state index contributed by atoms with van der Waals surface area (Å²) < 4.78 is 4.79. The first-order valence-corrected chi connectivity index (χ1v) is 6.29. The van der Waals surface area contributed by atoms with Crippen LogP contribution in [0.25, 0.3) is 0 Å². The third-order valence-electron chi connectivity index (χ3n) is 3.53. The van der Waals surface area contributed by atoms with Gasteiger partial charge in [-0.3, -0.25) is 0 Å². The number of esters is 1. The predicted octanol–water partition coefficient (Wildman–Crippen LogP) is 1.19. The highest BCUT2D eigenvalue weighted by Crippen LogP contribution is 2.30. The van der Waals surface area contributed by atoms with Crippen molar-refractivity contribution in [2.24, 2.45) is 0 Å². The second kappa shape index (κ2) is 5.50. The van der Waals surface area contributed by atoms with Crippen molar-refractivity contribution in [1.29, 1.82) is 0 Å². The molecule has 98 valence electrons. The standard InChI is InChI=1S/C14H19NO3/c1-18-13(16)14(17,11-7-3-2-4-8-11)12-9-5-6-10-15-12/h2-4,7-8,12,15,17H,5-6,9-10H2,1H3/t12-,14+/m0/s1. The Morgan fingerprint density at radius 3 is 2.67 bits per heavy atom. The minimum absolute atomic E-state index is 0.291. The van der Waals surface area contributed by atoms with Crippen LogP contribution in [0.15, 0.2) is 30.3 Å². The Hall–Kier alpha value is -1.39. The minimum atomic E-state index is -1.60. The van der Waals surface area contributed by atoms with Crippen molar-refractivity contribution in [1.82, 2.24) is 5.32 Å². The van der Waals surface area contributed by atoms with E-state index in [2.05, 4.69) is 5.32 Å². The summed E-state index contributed by atoms with van der Waals surface area (Å²) in [5.74, 6) is -0.604. The number of rotatable bonds is 3. The fraction of sp³-hybridized carbons (Fsp3) is 0.500. The number of piperidine rings is 1. The van der Waals surface area contributed by atoms with Crippen LogP contribution in [0.2, 0.25) is 0 Å². The third kappa shape index (κ3) is 2.26. The topological polar surface area (TPSA) is 58.6 Å². The van der Waals surface area contributed by atoms with Gasteiger partial charge in [0.25, 0.3) is 0 Å². The van der Waals surface area contributed by atoms with Crippen molar-refractivity contribution in [3.63, 3.8) is 0 Å². The highest BCUT2D eigenvalue weighted by molar-refractivity contribution is 5.82. The maximum Gasteiger partial charge on any atom is 0.344 e. The van der Waals surface area contributed by atoms with Gasteiger partial charge in [0.2, 0.25) is 5.60 Å².